The van der Waals surface area contributed by atoms with Gasteiger partial charge in [-0.25, -0.2) is 9.78 Å². The third kappa shape index (κ3) is 3.62. The highest BCUT2D eigenvalue weighted by molar-refractivity contribution is 6.41. The number of amides is 1. The molecule has 5 nitrogen and oxygen atoms in total. The Morgan fingerprint density at radius 2 is 1.59 bits per heavy atom. The van der Waals surface area contributed by atoms with E-state index in [-0.39, 0.29) is 37.2 Å². The maximum absolute atomic E-state index is 12.2. The van der Waals surface area contributed by atoms with Crippen LogP contribution in [-0.4, -0.2) is 22.0 Å². The highest BCUT2D eigenvalue weighted by Crippen LogP contribution is 2.32. The van der Waals surface area contributed by atoms with Gasteiger partial charge in [0.05, 0.1) is 26.3 Å². The van der Waals surface area contributed by atoms with Crippen molar-refractivity contribution in [3.8, 4) is 0 Å². The smallest absolute Gasteiger partial charge is 0.335 e. The van der Waals surface area contributed by atoms with Crippen molar-refractivity contribution in [1.29, 1.82) is 0 Å². The first-order chi connectivity index (χ1) is 10.3. The summed E-state index contributed by atoms with van der Waals surface area (Å²) in [5, 5.41) is 11.5. The Kier molecular flexibility index (Phi) is 5.13. The molecule has 0 unspecified atom stereocenters. The number of carbonyl (C=O) groups excluding carboxylic acids is 1. The molecule has 1 aromatic carbocycles. The van der Waals surface area contributed by atoms with Gasteiger partial charge in [-0.3, -0.25) is 4.79 Å². The second kappa shape index (κ2) is 6.71. The predicted molar refractivity (Wildman–Crippen MR) is 85.6 cm³/mol. The lowest BCUT2D eigenvalue weighted by Crippen LogP contribution is -2.15. The molecule has 114 valence electrons. The van der Waals surface area contributed by atoms with E-state index < -0.39 is 11.9 Å². The minimum atomic E-state index is -1.19. The van der Waals surface area contributed by atoms with Gasteiger partial charge in [-0.1, -0.05) is 46.4 Å². The van der Waals surface area contributed by atoms with Crippen molar-refractivity contribution in [2.24, 2.45) is 0 Å². The molecule has 0 saturated heterocycles. The minimum absolute atomic E-state index is 0.0311. The standard InChI is InChI=1S/C13H6Cl4N2O3/c14-6-1-2-9(17)18-11(6)12(20)19-10-7(15)3-5(13(21)22)4-8(10)16/h1-4H,(H,19,20)(H,21,22). The summed E-state index contributed by atoms with van der Waals surface area (Å²) in [6, 6.07) is 5.18. The van der Waals surface area contributed by atoms with Crippen molar-refractivity contribution < 1.29 is 14.7 Å². The number of rotatable bonds is 3. The summed E-state index contributed by atoms with van der Waals surface area (Å²) in [7, 11) is 0. The zero-order chi connectivity index (χ0) is 16.4. The van der Waals surface area contributed by atoms with Crippen molar-refractivity contribution in [3.05, 3.63) is 55.7 Å². The van der Waals surface area contributed by atoms with Crippen LogP contribution in [0, 0.1) is 0 Å². The minimum Gasteiger partial charge on any atom is -0.478 e. The van der Waals surface area contributed by atoms with Crippen LogP contribution in [0.25, 0.3) is 0 Å². The molecule has 0 spiro atoms. The zero-order valence-corrected chi connectivity index (χ0v) is 13.6. The highest BCUT2D eigenvalue weighted by Gasteiger charge is 2.18. The van der Waals surface area contributed by atoms with Crippen LogP contribution in [-0.2, 0) is 0 Å². The van der Waals surface area contributed by atoms with Crippen LogP contribution < -0.4 is 5.32 Å². The van der Waals surface area contributed by atoms with Crippen molar-refractivity contribution in [2.45, 2.75) is 0 Å². The molecule has 9 heteroatoms. The fraction of sp³-hybridized carbons (Fsp3) is 0. The van der Waals surface area contributed by atoms with E-state index in [1.807, 2.05) is 0 Å². The van der Waals surface area contributed by atoms with Crippen LogP contribution in [0.15, 0.2) is 24.3 Å². The molecule has 0 saturated carbocycles. The number of hydrogen-bond acceptors (Lipinski definition) is 3. The number of anilines is 1. The SMILES string of the molecule is O=C(O)c1cc(Cl)c(NC(=O)c2nc(Cl)ccc2Cl)c(Cl)c1. The average molecular weight is 380 g/mol. The van der Waals surface area contributed by atoms with Gasteiger partial charge < -0.3 is 10.4 Å². The fourth-order valence-electron chi connectivity index (χ4n) is 1.57. The van der Waals surface area contributed by atoms with Gasteiger partial charge in [0.25, 0.3) is 5.91 Å². The summed E-state index contributed by atoms with van der Waals surface area (Å²) in [6.07, 6.45) is 0. The van der Waals surface area contributed by atoms with Crippen LogP contribution in [0.2, 0.25) is 20.2 Å². The lowest BCUT2D eigenvalue weighted by Gasteiger charge is -2.10. The van der Waals surface area contributed by atoms with Gasteiger partial charge in [0.15, 0.2) is 0 Å². The van der Waals surface area contributed by atoms with E-state index in [0.717, 1.165) is 0 Å². The Morgan fingerprint density at radius 1 is 1.00 bits per heavy atom. The first-order valence-electron chi connectivity index (χ1n) is 5.65. The van der Waals surface area contributed by atoms with E-state index in [0.29, 0.717) is 0 Å². The Balaban J connectivity index is 2.36. The molecule has 22 heavy (non-hydrogen) atoms. The summed E-state index contributed by atoms with van der Waals surface area (Å²) in [4.78, 5) is 26.9. The summed E-state index contributed by atoms with van der Waals surface area (Å²) in [6.45, 7) is 0. The zero-order valence-electron chi connectivity index (χ0n) is 10.5. The normalized spacial score (nSPS) is 10.4. The second-order valence-corrected chi connectivity index (χ2v) is 5.65. The summed E-state index contributed by atoms with van der Waals surface area (Å²) in [5.41, 5.74) is -0.160. The molecule has 0 bridgehead atoms. The molecule has 1 heterocycles. The summed E-state index contributed by atoms with van der Waals surface area (Å²) >= 11 is 23.5. The number of nitrogens with one attached hydrogen (secondary N) is 1. The lowest BCUT2D eigenvalue weighted by atomic mass is 10.2. The number of aromatic carboxylic acids is 1. The molecular weight excluding hydrogens is 374 g/mol. The Morgan fingerprint density at radius 3 is 2.14 bits per heavy atom. The Bertz CT molecular complexity index is 757. The number of nitrogens with zero attached hydrogens (tertiary/aromatic N) is 1. The van der Waals surface area contributed by atoms with E-state index in [9.17, 15) is 9.59 Å². The van der Waals surface area contributed by atoms with Gasteiger partial charge >= 0.3 is 5.97 Å². The molecule has 0 aliphatic rings. The largest absolute Gasteiger partial charge is 0.478 e. The number of carboxylic acid groups (broad SMARTS) is 1. The van der Waals surface area contributed by atoms with Gasteiger partial charge in [-0.2, -0.15) is 0 Å². The van der Waals surface area contributed by atoms with Crippen LogP contribution in [0.1, 0.15) is 20.8 Å². The maximum atomic E-state index is 12.2. The number of benzene rings is 1. The van der Waals surface area contributed by atoms with Crippen LogP contribution in [0.3, 0.4) is 0 Å². The van der Waals surface area contributed by atoms with Crippen molar-refractivity contribution in [1.82, 2.24) is 4.98 Å². The highest BCUT2D eigenvalue weighted by atomic mass is 35.5. The molecule has 0 fully saturated rings. The first-order valence-corrected chi connectivity index (χ1v) is 7.16. The molecule has 2 rings (SSSR count). The molecule has 1 aromatic heterocycles. The number of pyridine rings is 1. The predicted octanol–water partition coefficient (Wildman–Crippen LogP) is 4.65. The van der Waals surface area contributed by atoms with E-state index in [1.165, 1.54) is 24.3 Å². The number of aromatic nitrogens is 1. The summed E-state index contributed by atoms with van der Waals surface area (Å²) in [5.74, 6) is -1.87. The summed E-state index contributed by atoms with van der Waals surface area (Å²) < 4.78 is 0. The van der Waals surface area contributed by atoms with E-state index in [4.69, 9.17) is 51.5 Å². The third-order valence-electron chi connectivity index (χ3n) is 2.55. The third-order valence-corrected chi connectivity index (χ3v) is 3.67. The monoisotopic (exact) mass is 378 g/mol. The quantitative estimate of drug-likeness (QED) is 0.761. The molecular formula is C13H6Cl4N2O3. The van der Waals surface area contributed by atoms with Crippen molar-refractivity contribution in [2.75, 3.05) is 5.32 Å². The molecule has 2 aromatic rings. The van der Waals surface area contributed by atoms with Gasteiger partial charge in [-0.05, 0) is 24.3 Å². The number of halogens is 4. The molecule has 2 N–H and O–H groups in total. The topological polar surface area (TPSA) is 79.3 Å². The second-order valence-electron chi connectivity index (χ2n) is 4.04. The fourth-order valence-corrected chi connectivity index (χ4v) is 2.49. The Hall–Kier alpha value is -1.53. The van der Waals surface area contributed by atoms with Crippen LogP contribution >= 0.6 is 46.4 Å². The number of carbonyl (C=O) groups is 2. The van der Waals surface area contributed by atoms with E-state index in [1.54, 1.807) is 0 Å². The molecule has 0 radical (unpaired) electrons. The first kappa shape index (κ1) is 16.8. The molecule has 0 aliphatic heterocycles. The average Bonchev–Trinajstić information content (AvgIpc) is 2.44. The van der Waals surface area contributed by atoms with Crippen LogP contribution in [0.5, 0.6) is 0 Å². The van der Waals surface area contributed by atoms with E-state index >= 15 is 0 Å². The molecule has 0 atom stereocenters. The van der Waals surface area contributed by atoms with Gasteiger partial charge in [-0.15, -0.1) is 0 Å². The van der Waals surface area contributed by atoms with Crippen LogP contribution in [0.4, 0.5) is 5.69 Å². The van der Waals surface area contributed by atoms with Crippen molar-refractivity contribution in [3.63, 3.8) is 0 Å². The van der Waals surface area contributed by atoms with Crippen molar-refractivity contribution >= 4 is 64.0 Å². The van der Waals surface area contributed by atoms with Gasteiger partial charge in [0, 0.05) is 0 Å². The van der Waals surface area contributed by atoms with Gasteiger partial charge in [0.2, 0.25) is 0 Å². The maximum Gasteiger partial charge on any atom is 0.335 e. The molecule has 0 aliphatic carbocycles. The molecule has 1 amide bonds. The lowest BCUT2D eigenvalue weighted by molar-refractivity contribution is 0.0696. The van der Waals surface area contributed by atoms with E-state index in [2.05, 4.69) is 10.3 Å². The number of hydrogen-bond donors (Lipinski definition) is 2. The Labute approximate surface area is 144 Å². The van der Waals surface area contributed by atoms with Gasteiger partial charge in [0.1, 0.15) is 10.8 Å². The number of carboxylic acids is 1.